The fourth-order valence-electron chi connectivity index (χ4n) is 4.10. The summed E-state index contributed by atoms with van der Waals surface area (Å²) in [6, 6.07) is 16.0. The number of aromatic nitrogens is 1. The Balaban J connectivity index is 1.80. The van der Waals surface area contributed by atoms with Crippen molar-refractivity contribution in [2.75, 3.05) is 26.7 Å². The summed E-state index contributed by atoms with van der Waals surface area (Å²) in [5, 5.41) is 1.18. The molecule has 1 heterocycles. The van der Waals surface area contributed by atoms with Gasteiger partial charge in [-0.15, -0.1) is 0 Å². The zero-order chi connectivity index (χ0) is 24.7. The van der Waals surface area contributed by atoms with Gasteiger partial charge in [-0.2, -0.15) is 0 Å². The van der Waals surface area contributed by atoms with Gasteiger partial charge in [-0.1, -0.05) is 58.0 Å². The highest BCUT2D eigenvalue weighted by atomic mass is 16.5. The smallest absolute Gasteiger partial charge is 0.242 e. The summed E-state index contributed by atoms with van der Waals surface area (Å²) in [5.74, 6) is 0.746. The van der Waals surface area contributed by atoms with Crippen LogP contribution in [0.1, 0.15) is 45.2 Å². The molecule has 0 aliphatic rings. The Morgan fingerprint density at radius 3 is 2.32 bits per heavy atom. The second kappa shape index (κ2) is 11.2. The van der Waals surface area contributed by atoms with E-state index in [4.69, 9.17) is 4.74 Å². The first kappa shape index (κ1) is 25.3. The Kier molecular flexibility index (Phi) is 8.37. The third-order valence-electron chi connectivity index (χ3n) is 5.96. The molecule has 0 aliphatic heterocycles. The number of rotatable bonds is 10. The van der Waals surface area contributed by atoms with E-state index in [9.17, 15) is 9.59 Å². The zero-order valence-corrected chi connectivity index (χ0v) is 21.1. The normalized spacial score (nSPS) is 11.4. The number of amides is 2. The van der Waals surface area contributed by atoms with Gasteiger partial charge in [0.25, 0.3) is 0 Å². The number of ether oxygens (including phenoxy) is 1. The molecule has 3 rings (SSSR count). The van der Waals surface area contributed by atoms with Gasteiger partial charge in [0.15, 0.2) is 0 Å². The first-order valence-corrected chi connectivity index (χ1v) is 12.0. The van der Waals surface area contributed by atoms with Gasteiger partial charge < -0.3 is 19.5 Å². The molecule has 0 saturated carbocycles. The molecule has 3 aromatic rings. The minimum Gasteiger partial charge on any atom is -0.497 e. The highest BCUT2D eigenvalue weighted by Crippen LogP contribution is 2.21. The lowest BCUT2D eigenvalue weighted by molar-refractivity contribution is -0.145. The summed E-state index contributed by atoms with van der Waals surface area (Å²) in [6.07, 6.45) is 3.56. The molecule has 0 bridgehead atoms. The minimum absolute atomic E-state index is 0.00345. The fourth-order valence-corrected chi connectivity index (χ4v) is 4.10. The summed E-state index contributed by atoms with van der Waals surface area (Å²) in [4.78, 5) is 33.4. The molecule has 2 aromatic carbocycles. The van der Waals surface area contributed by atoms with Crippen LogP contribution < -0.4 is 4.74 Å². The lowest BCUT2D eigenvalue weighted by atomic mass is 9.94. The lowest BCUT2D eigenvalue weighted by Crippen LogP contribution is -2.47. The summed E-state index contributed by atoms with van der Waals surface area (Å²) in [6.45, 7) is 9.43. The molecule has 1 aromatic heterocycles. The van der Waals surface area contributed by atoms with Gasteiger partial charge in [0, 0.05) is 42.1 Å². The number of benzene rings is 2. The molecule has 6 heteroatoms. The van der Waals surface area contributed by atoms with Crippen LogP contribution in [-0.2, 0) is 22.6 Å². The van der Waals surface area contributed by atoms with Crippen molar-refractivity contribution in [3.63, 3.8) is 0 Å². The molecule has 0 radical (unpaired) electrons. The summed E-state index contributed by atoms with van der Waals surface area (Å²) in [5.41, 5.74) is 2.77. The van der Waals surface area contributed by atoms with Crippen molar-refractivity contribution >= 4 is 22.7 Å². The zero-order valence-electron chi connectivity index (χ0n) is 21.1. The molecule has 6 nitrogen and oxygen atoms in total. The van der Waals surface area contributed by atoms with Crippen molar-refractivity contribution < 1.29 is 14.3 Å². The third-order valence-corrected chi connectivity index (χ3v) is 5.96. The molecule has 34 heavy (non-hydrogen) atoms. The van der Waals surface area contributed by atoms with Crippen LogP contribution in [0.3, 0.4) is 0 Å². The second-order valence-corrected chi connectivity index (χ2v) is 9.75. The van der Waals surface area contributed by atoms with Gasteiger partial charge in [0.1, 0.15) is 5.75 Å². The van der Waals surface area contributed by atoms with Crippen LogP contribution in [0.2, 0.25) is 0 Å². The van der Waals surface area contributed by atoms with Crippen molar-refractivity contribution in [3.05, 3.63) is 65.9 Å². The minimum atomic E-state index is -0.527. The van der Waals surface area contributed by atoms with Gasteiger partial charge >= 0.3 is 0 Å². The van der Waals surface area contributed by atoms with E-state index in [1.165, 1.54) is 10.9 Å². The molecule has 2 amide bonds. The Morgan fingerprint density at radius 1 is 0.971 bits per heavy atom. The predicted octanol–water partition coefficient (Wildman–Crippen LogP) is 5.03. The Hall–Kier alpha value is -3.28. The van der Waals surface area contributed by atoms with Crippen LogP contribution in [0, 0.1) is 5.41 Å². The van der Waals surface area contributed by atoms with E-state index in [2.05, 4.69) is 17.1 Å². The molecule has 0 atom stereocenters. The molecule has 0 saturated heterocycles. The molecule has 182 valence electrons. The van der Waals surface area contributed by atoms with Crippen molar-refractivity contribution in [1.29, 1.82) is 0 Å². The van der Waals surface area contributed by atoms with E-state index >= 15 is 0 Å². The molecule has 0 unspecified atom stereocenters. The van der Waals surface area contributed by atoms with Crippen LogP contribution in [0.5, 0.6) is 5.75 Å². The second-order valence-electron chi connectivity index (χ2n) is 9.75. The van der Waals surface area contributed by atoms with Crippen LogP contribution in [0.15, 0.2) is 54.7 Å². The molecule has 0 fully saturated rings. The van der Waals surface area contributed by atoms with Crippen LogP contribution >= 0.6 is 0 Å². The first-order valence-electron chi connectivity index (χ1n) is 12.0. The number of H-pyrrole nitrogens is 1. The highest BCUT2D eigenvalue weighted by Gasteiger charge is 2.29. The van der Waals surface area contributed by atoms with E-state index in [-0.39, 0.29) is 18.4 Å². The van der Waals surface area contributed by atoms with E-state index in [1.54, 1.807) is 12.0 Å². The maximum Gasteiger partial charge on any atom is 0.242 e. The van der Waals surface area contributed by atoms with Gasteiger partial charge in [0.05, 0.1) is 13.7 Å². The van der Waals surface area contributed by atoms with Gasteiger partial charge in [-0.05, 0) is 42.2 Å². The Labute approximate surface area is 202 Å². The summed E-state index contributed by atoms with van der Waals surface area (Å²) in [7, 11) is 1.64. The maximum absolute atomic E-state index is 13.5. The summed E-state index contributed by atoms with van der Waals surface area (Å²) >= 11 is 0. The number of aromatic amines is 1. The maximum atomic E-state index is 13.5. The number of carbonyl (C=O) groups excluding carboxylic acids is 2. The summed E-state index contributed by atoms with van der Waals surface area (Å²) < 4.78 is 5.27. The van der Waals surface area contributed by atoms with E-state index in [0.717, 1.165) is 29.7 Å². The number of hydrogen-bond acceptors (Lipinski definition) is 3. The Bertz CT molecular complexity index is 1100. The van der Waals surface area contributed by atoms with Crippen LogP contribution in [0.25, 0.3) is 10.9 Å². The van der Waals surface area contributed by atoms with E-state index in [0.29, 0.717) is 19.6 Å². The third kappa shape index (κ3) is 6.40. The first-order chi connectivity index (χ1) is 16.2. The van der Waals surface area contributed by atoms with Crippen molar-refractivity contribution in [2.45, 2.75) is 47.1 Å². The number of hydrogen-bond donors (Lipinski definition) is 1. The SMILES string of the molecule is CCCN(CC(=O)N(CCc1c[nH]c2ccccc12)Cc1ccc(OC)cc1)C(=O)C(C)(C)C. The highest BCUT2D eigenvalue weighted by molar-refractivity contribution is 5.87. The lowest BCUT2D eigenvalue weighted by Gasteiger charge is -2.31. The van der Waals surface area contributed by atoms with E-state index < -0.39 is 5.41 Å². The number of methoxy groups -OCH3 is 1. The standard InChI is InChI=1S/C28H37N3O3/c1-6-16-31(27(33)28(2,3)4)20-26(32)30(19-21-11-13-23(34-5)14-12-21)17-15-22-18-29-25-10-8-7-9-24(22)25/h7-14,18,29H,6,15-17,19-20H2,1-5H3. The number of para-hydroxylation sites is 1. The predicted molar refractivity (Wildman–Crippen MR) is 137 cm³/mol. The number of nitrogens with zero attached hydrogens (tertiary/aromatic N) is 2. The fraction of sp³-hybridized carbons (Fsp3) is 0.429. The molecular weight excluding hydrogens is 426 g/mol. The van der Waals surface area contributed by atoms with Gasteiger partial charge in [-0.3, -0.25) is 9.59 Å². The van der Waals surface area contributed by atoms with Crippen molar-refractivity contribution in [3.8, 4) is 5.75 Å². The monoisotopic (exact) mass is 463 g/mol. The molecular formula is C28H37N3O3. The largest absolute Gasteiger partial charge is 0.497 e. The van der Waals surface area contributed by atoms with Crippen molar-refractivity contribution in [1.82, 2.24) is 14.8 Å². The number of carbonyl (C=O) groups is 2. The Morgan fingerprint density at radius 2 is 1.68 bits per heavy atom. The number of nitrogens with one attached hydrogen (secondary N) is 1. The average molecular weight is 464 g/mol. The number of fused-ring (bicyclic) bond motifs is 1. The molecule has 1 N–H and O–H groups in total. The molecule has 0 spiro atoms. The molecule has 0 aliphatic carbocycles. The van der Waals surface area contributed by atoms with Crippen molar-refractivity contribution in [2.24, 2.45) is 5.41 Å². The van der Waals surface area contributed by atoms with E-state index in [1.807, 2.05) is 75.2 Å². The van der Waals surface area contributed by atoms with Gasteiger partial charge in [0.2, 0.25) is 11.8 Å². The average Bonchev–Trinajstić information content (AvgIpc) is 3.23. The topological polar surface area (TPSA) is 65.6 Å². The quantitative estimate of drug-likeness (QED) is 0.458. The van der Waals surface area contributed by atoms with Gasteiger partial charge in [-0.25, -0.2) is 0 Å². The van der Waals surface area contributed by atoms with Crippen LogP contribution in [-0.4, -0.2) is 53.3 Å². The van der Waals surface area contributed by atoms with Crippen LogP contribution in [0.4, 0.5) is 0 Å².